The van der Waals surface area contributed by atoms with Gasteiger partial charge in [0, 0.05) is 25.1 Å². The second-order valence-corrected chi connectivity index (χ2v) is 6.91. The van der Waals surface area contributed by atoms with E-state index in [2.05, 4.69) is 15.2 Å². The smallest absolute Gasteiger partial charge is 0.135 e. The van der Waals surface area contributed by atoms with Crippen molar-refractivity contribution < 1.29 is 4.39 Å². The van der Waals surface area contributed by atoms with E-state index in [0.29, 0.717) is 12.5 Å². The first-order chi connectivity index (χ1) is 10.1. The van der Waals surface area contributed by atoms with Crippen LogP contribution in [0.4, 0.5) is 10.2 Å². The van der Waals surface area contributed by atoms with Gasteiger partial charge in [-0.05, 0) is 45.1 Å². The average molecular weight is 290 g/mol. The highest BCUT2D eigenvalue weighted by Crippen LogP contribution is 2.44. The van der Waals surface area contributed by atoms with Crippen molar-refractivity contribution in [2.24, 2.45) is 5.92 Å². The van der Waals surface area contributed by atoms with Gasteiger partial charge >= 0.3 is 0 Å². The van der Waals surface area contributed by atoms with Gasteiger partial charge < -0.3 is 10.2 Å². The summed E-state index contributed by atoms with van der Waals surface area (Å²) in [5.74, 6) is 2.32. The van der Waals surface area contributed by atoms with Crippen LogP contribution in [0.1, 0.15) is 36.3 Å². The lowest BCUT2D eigenvalue weighted by molar-refractivity contribution is 0.156. The third-order valence-corrected chi connectivity index (χ3v) is 5.18. The summed E-state index contributed by atoms with van der Waals surface area (Å²) >= 11 is 0. The first-order valence-electron chi connectivity index (χ1n) is 8.14. The van der Waals surface area contributed by atoms with E-state index < -0.39 is 5.67 Å². The molecule has 1 saturated carbocycles. The summed E-state index contributed by atoms with van der Waals surface area (Å²) in [6, 6.07) is 0. The molecule has 4 rings (SSSR count). The maximum atomic E-state index is 14.8. The number of rotatable bonds is 1. The molecule has 2 aliphatic heterocycles. The molecule has 1 aromatic rings. The zero-order valence-corrected chi connectivity index (χ0v) is 12.7. The Balaban J connectivity index is 1.73. The predicted molar refractivity (Wildman–Crippen MR) is 80.4 cm³/mol. The van der Waals surface area contributed by atoms with Gasteiger partial charge in [0.1, 0.15) is 17.3 Å². The highest BCUT2D eigenvalue weighted by atomic mass is 19.1. The Hall–Kier alpha value is -1.23. The van der Waals surface area contributed by atoms with Crippen LogP contribution in [0.5, 0.6) is 0 Å². The first kappa shape index (κ1) is 13.4. The average Bonchev–Trinajstić information content (AvgIpc) is 2.64. The molecule has 0 amide bonds. The molecule has 0 aromatic carbocycles. The molecule has 1 aliphatic carbocycles. The fraction of sp³-hybridized carbons (Fsp3) is 0.750. The van der Waals surface area contributed by atoms with Gasteiger partial charge in [-0.25, -0.2) is 14.4 Å². The molecule has 3 heterocycles. The first-order valence-corrected chi connectivity index (χ1v) is 8.14. The lowest BCUT2D eigenvalue weighted by Gasteiger charge is -2.37. The van der Waals surface area contributed by atoms with Crippen molar-refractivity contribution in [2.75, 3.05) is 31.1 Å². The summed E-state index contributed by atoms with van der Waals surface area (Å²) in [5, 5.41) is 3.42. The van der Waals surface area contributed by atoms with E-state index in [0.717, 1.165) is 69.1 Å². The topological polar surface area (TPSA) is 41.1 Å². The number of alkyl halides is 1. The SMILES string of the molecule is Cc1nc2c(c(N3CC4CCC(F)(C4)C3)n1)CCNCC2. The van der Waals surface area contributed by atoms with Gasteiger partial charge in [0.25, 0.3) is 0 Å². The molecule has 1 aromatic heterocycles. The fourth-order valence-electron chi connectivity index (χ4n) is 4.27. The highest BCUT2D eigenvalue weighted by molar-refractivity contribution is 5.51. The molecule has 114 valence electrons. The van der Waals surface area contributed by atoms with E-state index in [4.69, 9.17) is 4.98 Å². The largest absolute Gasteiger partial charge is 0.353 e. The van der Waals surface area contributed by atoms with Gasteiger partial charge in [-0.1, -0.05) is 0 Å². The van der Waals surface area contributed by atoms with Crippen LogP contribution in [-0.4, -0.2) is 41.8 Å². The number of nitrogens with zero attached hydrogens (tertiary/aromatic N) is 3. The van der Waals surface area contributed by atoms with Gasteiger partial charge in [0.2, 0.25) is 0 Å². The third kappa shape index (κ3) is 2.41. The number of aryl methyl sites for hydroxylation is 1. The number of nitrogens with one attached hydrogen (secondary N) is 1. The van der Waals surface area contributed by atoms with Crippen molar-refractivity contribution in [1.29, 1.82) is 0 Å². The van der Waals surface area contributed by atoms with Crippen molar-refractivity contribution in [3.63, 3.8) is 0 Å². The van der Waals surface area contributed by atoms with Crippen LogP contribution in [0.25, 0.3) is 0 Å². The fourth-order valence-corrected chi connectivity index (χ4v) is 4.27. The molecule has 3 aliphatic rings. The summed E-state index contributed by atoms with van der Waals surface area (Å²) in [7, 11) is 0. The van der Waals surface area contributed by atoms with Crippen LogP contribution >= 0.6 is 0 Å². The molecule has 1 N–H and O–H groups in total. The molecule has 5 heteroatoms. The molecule has 2 unspecified atom stereocenters. The Morgan fingerprint density at radius 3 is 3.00 bits per heavy atom. The molecular weight excluding hydrogens is 267 g/mol. The molecule has 0 radical (unpaired) electrons. The normalized spacial score (nSPS) is 31.9. The molecule has 2 atom stereocenters. The minimum Gasteiger partial charge on any atom is -0.353 e. The van der Waals surface area contributed by atoms with Crippen LogP contribution in [0.15, 0.2) is 0 Å². The minimum atomic E-state index is -0.988. The standard InChI is InChI=1S/C16H23FN4/c1-11-19-14-4-7-18-6-3-13(14)15(20-11)21-9-12-2-5-16(17,8-12)10-21/h12,18H,2-10H2,1H3. The lowest BCUT2D eigenvalue weighted by Crippen LogP contribution is -2.45. The number of hydrogen-bond donors (Lipinski definition) is 1. The van der Waals surface area contributed by atoms with Crippen LogP contribution < -0.4 is 10.2 Å². The summed E-state index contributed by atoms with van der Waals surface area (Å²) in [6.07, 6.45) is 4.40. The van der Waals surface area contributed by atoms with Crippen molar-refractivity contribution in [3.8, 4) is 0 Å². The number of halogens is 1. The zero-order valence-electron chi connectivity index (χ0n) is 12.7. The predicted octanol–water partition coefficient (Wildman–Crippen LogP) is 1.80. The zero-order chi connectivity index (χ0) is 14.4. The number of anilines is 1. The third-order valence-electron chi connectivity index (χ3n) is 5.18. The van der Waals surface area contributed by atoms with Gasteiger partial charge in [-0.15, -0.1) is 0 Å². The number of aromatic nitrogens is 2. The molecule has 2 fully saturated rings. The van der Waals surface area contributed by atoms with Crippen LogP contribution in [0, 0.1) is 12.8 Å². The number of fused-ring (bicyclic) bond motifs is 3. The second kappa shape index (κ2) is 4.90. The minimum absolute atomic E-state index is 0.499. The maximum absolute atomic E-state index is 14.8. The van der Waals surface area contributed by atoms with Crippen molar-refractivity contribution in [3.05, 3.63) is 17.1 Å². The Bertz CT molecular complexity index is 561. The Morgan fingerprint density at radius 2 is 2.14 bits per heavy atom. The maximum Gasteiger partial charge on any atom is 0.135 e. The van der Waals surface area contributed by atoms with Gasteiger partial charge in [0.05, 0.1) is 12.2 Å². The molecule has 1 saturated heterocycles. The van der Waals surface area contributed by atoms with E-state index in [9.17, 15) is 4.39 Å². The summed E-state index contributed by atoms with van der Waals surface area (Å²) in [4.78, 5) is 11.5. The quantitative estimate of drug-likeness (QED) is 0.856. The van der Waals surface area contributed by atoms with E-state index in [1.165, 1.54) is 5.56 Å². The molecular formula is C16H23FN4. The Morgan fingerprint density at radius 1 is 1.29 bits per heavy atom. The van der Waals surface area contributed by atoms with Crippen molar-refractivity contribution >= 4 is 5.82 Å². The van der Waals surface area contributed by atoms with E-state index in [1.807, 2.05) is 6.92 Å². The molecule has 21 heavy (non-hydrogen) atoms. The summed E-state index contributed by atoms with van der Waals surface area (Å²) < 4.78 is 14.8. The molecule has 4 nitrogen and oxygen atoms in total. The van der Waals surface area contributed by atoms with Gasteiger partial charge in [0.15, 0.2) is 0 Å². The van der Waals surface area contributed by atoms with Crippen molar-refractivity contribution in [2.45, 2.75) is 44.7 Å². The molecule has 0 spiro atoms. The van der Waals surface area contributed by atoms with Crippen molar-refractivity contribution in [1.82, 2.24) is 15.3 Å². The van der Waals surface area contributed by atoms with Crippen LogP contribution in [0.3, 0.4) is 0 Å². The van der Waals surface area contributed by atoms with Gasteiger partial charge in [-0.3, -0.25) is 0 Å². The summed E-state index contributed by atoms with van der Waals surface area (Å²) in [5.41, 5.74) is 1.42. The van der Waals surface area contributed by atoms with Gasteiger partial charge in [-0.2, -0.15) is 0 Å². The highest BCUT2D eigenvalue weighted by Gasteiger charge is 2.46. The summed E-state index contributed by atoms with van der Waals surface area (Å²) in [6.45, 7) is 5.36. The van der Waals surface area contributed by atoms with E-state index >= 15 is 0 Å². The van der Waals surface area contributed by atoms with Crippen LogP contribution in [-0.2, 0) is 12.8 Å². The van der Waals surface area contributed by atoms with Crippen LogP contribution in [0.2, 0.25) is 0 Å². The molecule has 2 bridgehead atoms. The Kier molecular flexibility index (Phi) is 3.14. The monoisotopic (exact) mass is 290 g/mol. The Labute approximate surface area is 125 Å². The second-order valence-electron chi connectivity index (χ2n) is 6.91. The van der Waals surface area contributed by atoms with E-state index in [1.54, 1.807) is 0 Å². The number of piperidine rings is 1. The number of hydrogen-bond acceptors (Lipinski definition) is 4. The van der Waals surface area contributed by atoms with E-state index in [-0.39, 0.29) is 0 Å². The lowest BCUT2D eigenvalue weighted by atomic mass is 9.95.